The fraction of sp³-hybridized carbons (Fsp3) is 0.500. The summed E-state index contributed by atoms with van der Waals surface area (Å²) in [5, 5.41) is 8.70. The summed E-state index contributed by atoms with van der Waals surface area (Å²) in [6, 6.07) is 5.85. The molecule has 0 aromatic carbocycles. The van der Waals surface area contributed by atoms with Gasteiger partial charge < -0.3 is 4.90 Å². The van der Waals surface area contributed by atoms with E-state index in [1.807, 2.05) is 26.0 Å². The molecule has 102 valence electrons. The largest absolute Gasteiger partial charge is 0.336 e. The summed E-state index contributed by atoms with van der Waals surface area (Å²) < 4.78 is 0. The van der Waals surface area contributed by atoms with Crippen molar-refractivity contribution in [3.63, 3.8) is 0 Å². The second kappa shape index (κ2) is 7.90. The van der Waals surface area contributed by atoms with Crippen LogP contribution < -0.4 is 0 Å². The van der Waals surface area contributed by atoms with E-state index >= 15 is 0 Å². The number of nitrogens with zero attached hydrogens (tertiary/aromatic N) is 3. The molecule has 1 aromatic rings. The van der Waals surface area contributed by atoms with Gasteiger partial charge >= 0.3 is 0 Å². The van der Waals surface area contributed by atoms with Crippen LogP contribution >= 0.6 is 15.9 Å². The number of rotatable bonds is 6. The van der Waals surface area contributed by atoms with Crippen LogP contribution in [0.4, 0.5) is 0 Å². The highest BCUT2D eigenvalue weighted by atomic mass is 79.9. The van der Waals surface area contributed by atoms with Crippen LogP contribution in [-0.2, 0) is 11.3 Å². The molecule has 0 aliphatic carbocycles. The van der Waals surface area contributed by atoms with Crippen LogP contribution in [0.2, 0.25) is 0 Å². The lowest BCUT2D eigenvalue weighted by Crippen LogP contribution is -2.38. The van der Waals surface area contributed by atoms with Crippen LogP contribution in [-0.4, -0.2) is 27.2 Å². The summed E-state index contributed by atoms with van der Waals surface area (Å²) in [6.07, 6.45) is 3.78. The fourth-order valence-electron chi connectivity index (χ4n) is 1.62. The van der Waals surface area contributed by atoms with Gasteiger partial charge in [-0.1, -0.05) is 35.8 Å². The van der Waals surface area contributed by atoms with Crippen LogP contribution in [0.1, 0.15) is 25.8 Å². The molecule has 0 saturated heterocycles. The van der Waals surface area contributed by atoms with E-state index in [4.69, 9.17) is 5.26 Å². The molecule has 0 bridgehead atoms. The van der Waals surface area contributed by atoms with E-state index in [1.165, 1.54) is 0 Å². The molecule has 1 amide bonds. The maximum atomic E-state index is 12.3. The highest BCUT2D eigenvalue weighted by Gasteiger charge is 2.24. The lowest BCUT2D eigenvalue weighted by Gasteiger charge is -2.25. The Morgan fingerprint density at radius 2 is 2.32 bits per heavy atom. The third kappa shape index (κ3) is 4.99. The molecule has 1 atom stereocenters. The second-order valence-electron chi connectivity index (χ2n) is 4.67. The zero-order valence-corrected chi connectivity index (χ0v) is 12.8. The molecule has 0 fully saturated rings. The number of amides is 1. The highest BCUT2D eigenvalue weighted by Crippen LogP contribution is 2.17. The molecule has 0 saturated carbocycles. The summed E-state index contributed by atoms with van der Waals surface area (Å²) in [7, 11) is 0. The number of hydrogen-bond acceptors (Lipinski definition) is 3. The molecule has 0 aliphatic heterocycles. The Labute approximate surface area is 122 Å². The van der Waals surface area contributed by atoms with E-state index in [0.717, 1.165) is 5.56 Å². The van der Waals surface area contributed by atoms with Gasteiger partial charge in [-0.2, -0.15) is 5.26 Å². The van der Waals surface area contributed by atoms with Gasteiger partial charge in [0.15, 0.2) is 0 Å². The smallest absolute Gasteiger partial charge is 0.236 e. The summed E-state index contributed by atoms with van der Waals surface area (Å²) in [5.74, 6) is 0.236. The van der Waals surface area contributed by atoms with Crippen LogP contribution in [0.5, 0.6) is 0 Å². The Kier molecular flexibility index (Phi) is 6.51. The molecule has 0 N–H and O–H groups in total. The fourth-order valence-corrected chi connectivity index (χ4v) is 1.91. The standard InChI is InChI=1S/C14H18BrN3O/c1-11(2)13(15)14(19)18(8-4-6-16)10-12-5-3-7-17-9-12/h3,5,7,9,11,13H,4,8,10H2,1-2H3. The third-order valence-electron chi connectivity index (χ3n) is 2.72. The molecular weight excluding hydrogens is 306 g/mol. The van der Waals surface area contributed by atoms with Gasteiger partial charge in [0.2, 0.25) is 5.91 Å². The van der Waals surface area contributed by atoms with Gasteiger partial charge in [0.1, 0.15) is 0 Å². The summed E-state index contributed by atoms with van der Waals surface area (Å²) >= 11 is 3.42. The minimum absolute atomic E-state index is 0.0223. The van der Waals surface area contributed by atoms with Crippen molar-refractivity contribution in [1.82, 2.24) is 9.88 Å². The lowest BCUT2D eigenvalue weighted by molar-refractivity contribution is -0.131. The first-order valence-electron chi connectivity index (χ1n) is 6.25. The predicted octanol–water partition coefficient (Wildman–Crippen LogP) is 2.74. The summed E-state index contributed by atoms with van der Waals surface area (Å²) in [4.78, 5) is 17.9. The number of hydrogen-bond donors (Lipinski definition) is 0. The van der Waals surface area contributed by atoms with Crippen molar-refractivity contribution in [3.8, 4) is 6.07 Å². The van der Waals surface area contributed by atoms with Crippen molar-refractivity contribution >= 4 is 21.8 Å². The van der Waals surface area contributed by atoms with Crippen molar-refractivity contribution in [2.24, 2.45) is 5.92 Å². The molecule has 0 spiro atoms. The molecule has 1 aromatic heterocycles. The Balaban J connectivity index is 2.77. The molecular formula is C14H18BrN3O. The van der Waals surface area contributed by atoms with Gasteiger partial charge in [-0.05, 0) is 17.5 Å². The Hall–Kier alpha value is -1.41. The number of alkyl halides is 1. The van der Waals surface area contributed by atoms with E-state index in [0.29, 0.717) is 19.5 Å². The number of pyridine rings is 1. The van der Waals surface area contributed by atoms with Crippen molar-refractivity contribution in [2.45, 2.75) is 31.6 Å². The number of nitriles is 1. The Morgan fingerprint density at radius 1 is 1.58 bits per heavy atom. The maximum absolute atomic E-state index is 12.3. The highest BCUT2D eigenvalue weighted by molar-refractivity contribution is 9.10. The zero-order valence-electron chi connectivity index (χ0n) is 11.2. The first-order chi connectivity index (χ1) is 9.06. The lowest BCUT2D eigenvalue weighted by atomic mass is 10.1. The van der Waals surface area contributed by atoms with Crippen LogP contribution in [0.3, 0.4) is 0 Å². The Morgan fingerprint density at radius 3 is 2.84 bits per heavy atom. The SMILES string of the molecule is CC(C)C(Br)C(=O)N(CCC#N)Cc1cccnc1. The predicted molar refractivity (Wildman–Crippen MR) is 77.4 cm³/mol. The minimum atomic E-state index is -0.220. The van der Waals surface area contributed by atoms with Gasteiger partial charge in [-0.25, -0.2) is 0 Å². The third-order valence-corrected chi connectivity index (χ3v) is 4.17. The summed E-state index contributed by atoms with van der Waals surface area (Å²) in [6.45, 7) is 4.91. The summed E-state index contributed by atoms with van der Waals surface area (Å²) in [5.41, 5.74) is 0.970. The molecule has 1 rings (SSSR count). The monoisotopic (exact) mass is 323 g/mol. The van der Waals surface area contributed by atoms with Crippen LogP contribution in [0.15, 0.2) is 24.5 Å². The van der Waals surface area contributed by atoms with Crippen LogP contribution in [0.25, 0.3) is 0 Å². The molecule has 0 aliphatic rings. The zero-order chi connectivity index (χ0) is 14.3. The van der Waals surface area contributed by atoms with Gasteiger partial charge in [-0.15, -0.1) is 0 Å². The molecule has 4 nitrogen and oxygen atoms in total. The topological polar surface area (TPSA) is 57.0 Å². The number of aromatic nitrogens is 1. The van der Waals surface area contributed by atoms with Crippen molar-refractivity contribution in [2.75, 3.05) is 6.54 Å². The van der Waals surface area contributed by atoms with Gasteiger partial charge in [0.05, 0.1) is 17.3 Å². The van der Waals surface area contributed by atoms with Gasteiger partial charge in [0.25, 0.3) is 0 Å². The first-order valence-corrected chi connectivity index (χ1v) is 7.16. The van der Waals surface area contributed by atoms with E-state index in [-0.39, 0.29) is 16.7 Å². The van der Waals surface area contributed by atoms with E-state index in [1.54, 1.807) is 17.3 Å². The van der Waals surface area contributed by atoms with E-state index in [9.17, 15) is 4.79 Å². The van der Waals surface area contributed by atoms with Crippen molar-refractivity contribution < 1.29 is 4.79 Å². The molecule has 19 heavy (non-hydrogen) atoms. The first kappa shape index (κ1) is 15.6. The van der Waals surface area contributed by atoms with Crippen LogP contribution in [0, 0.1) is 17.2 Å². The van der Waals surface area contributed by atoms with Crippen molar-refractivity contribution in [1.29, 1.82) is 5.26 Å². The normalized spacial score (nSPS) is 11.9. The quantitative estimate of drug-likeness (QED) is 0.756. The Bertz CT molecular complexity index is 442. The molecule has 5 heteroatoms. The minimum Gasteiger partial charge on any atom is -0.336 e. The molecule has 0 radical (unpaired) electrons. The number of carbonyl (C=O) groups is 1. The average Bonchev–Trinajstić information content (AvgIpc) is 2.42. The maximum Gasteiger partial charge on any atom is 0.236 e. The molecule has 1 unspecified atom stereocenters. The number of halogens is 1. The van der Waals surface area contributed by atoms with E-state index in [2.05, 4.69) is 27.0 Å². The number of carbonyl (C=O) groups excluding carboxylic acids is 1. The average molecular weight is 324 g/mol. The second-order valence-corrected chi connectivity index (χ2v) is 5.66. The molecule has 1 heterocycles. The van der Waals surface area contributed by atoms with E-state index < -0.39 is 0 Å². The van der Waals surface area contributed by atoms with Crippen molar-refractivity contribution in [3.05, 3.63) is 30.1 Å². The van der Waals surface area contributed by atoms with Gasteiger partial charge in [-0.3, -0.25) is 9.78 Å². The van der Waals surface area contributed by atoms with Gasteiger partial charge in [0, 0.05) is 25.5 Å².